The van der Waals surface area contributed by atoms with E-state index in [9.17, 15) is 5.11 Å². The fraction of sp³-hybridized carbons (Fsp3) is 0.259. The van der Waals surface area contributed by atoms with Gasteiger partial charge in [-0.3, -0.25) is 0 Å². The normalized spacial score (nSPS) is 11.7. The van der Waals surface area contributed by atoms with Crippen molar-refractivity contribution in [3.8, 4) is 34.1 Å². The van der Waals surface area contributed by atoms with Gasteiger partial charge in [-0.15, -0.1) is 0 Å². The number of fused-ring (bicyclic) bond motifs is 2. The number of methoxy groups -OCH3 is 3. The van der Waals surface area contributed by atoms with Crippen LogP contribution in [0.15, 0.2) is 54.6 Å². The van der Waals surface area contributed by atoms with E-state index in [0.717, 1.165) is 27.3 Å². The lowest BCUT2D eigenvalue weighted by atomic mass is 9.85. The minimum absolute atomic E-state index is 0.0728. The Balaban J connectivity index is 2.17. The summed E-state index contributed by atoms with van der Waals surface area (Å²) in [4.78, 5) is 0. The molecule has 4 heteroatoms. The predicted octanol–water partition coefficient (Wildman–Crippen LogP) is 6.69. The van der Waals surface area contributed by atoms with Crippen LogP contribution in [-0.4, -0.2) is 26.4 Å². The molecule has 4 aromatic rings. The monoisotopic (exact) mass is 416 g/mol. The summed E-state index contributed by atoms with van der Waals surface area (Å²) in [7, 11) is 4.90. The molecule has 0 aliphatic heterocycles. The SMILES string of the molecule is COc1ccc(-c2ccc(C(C)(C)C)cc2)c2c(OC)c3c(O)cccc3c(OC)c12. The molecule has 0 saturated carbocycles. The van der Waals surface area contributed by atoms with Crippen LogP contribution in [0, 0.1) is 0 Å². The van der Waals surface area contributed by atoms with Crippen LogP contribution in [-0.2, 0) is 5.41 Å². The standard InChI is InChI=1S/C27H28O4/c1-27(2,3)17-12-10-16(11-13-17)18-14-15-21(29-4)24-23(18)26(31-6)22-19(25(24)30-5)8-7-9-20(22)28/h7-15,28H,1-6H3. The molecule has 0 unspecified atom stereocenters. The summed E-state index contributed by atoms with van der Waals surface area (Å²) in [6.45, 7) is 6.61. The van der Waals surface area contributed by atoms with E-state index in [0.29, 0.717) is 22.6 Å². The fourth-order valence-corrected chi connectivity index (χ4v) is 4.25. The molecule has 0 aliphatic carbocycles. The summed E-state index contributed by atoms with van der Waals surface area (Å²) < 4.78 is 17.4. The number of benzene rings is 4. The first kappa shape index (κ1) is 20.9. The number of rotatable bonds is 4. The van der Waals surface area contributed by atoms with E-state index < -0.39 is 0 Å². The first-order valence-electron chi connectivity index (χ1n) is 10.3. The fourth-order valence-electron chi connectivity index (χ4n) is 4.25. The van der Waals surface area contributed by atoms with Crippen LogP contribution in [0.4, 0.5) is 0 Å². The van der Waals surface area contributed by atoms with Crippen molar-refractivity contribution in [2.45, 2.75) is 26.2 Å². The Morgan fingerprint density at radius 1 is 0.677 bits per heavy atom. The average molecular weight is 417 g/mol. The Kier molecular flexibility index (Phi) is 5.18. The Morgan fingerprint density at radius 3 is 1.94 bits per heavy atom. The molecule has 0 atom stereocenters. The maximum Gasteiger partial charge on any atom is 0.139 e. The molecular formula is C27H28O4. The van der Waals surface area contributed by atoms with Crippen LogP contribution in [0.5, 0.6) is 23.0 Å². The van der Waals surface area contributed by atoms with Crippen molar-refractivity contribution in [1.29, 1.82) is 0 Å². The van der Waals surface area contributed by atoms with E-state index in [1.54, 1.807) is 33.5 Å². The van der Waals surface area contributed by atoms with Crippen LogP contribution in [0.1, 0.15) is 26.3 Å². The molecule has 160 valence electrons. The van der Waals surface area contributed by atoms with Gasteiger partial charge < -0.3 is 19.3 Å². The zero-order valence-corrected chi connectivity index (χ0v) is 18.9. The number of ether oxygens (including phenoxy) is 3. The lowest BCUT2D eigenvalue weighted by Gasteiger charge is -2.21. The molecule has 0 saturated heterocycles. The number of phenols is 1. The summed E-state index contributed by atoms with van der Waals surface area (Å²) in [5, 5.41) is 13.8. The smallest absolute Gasteiger partial charge is 0.139 e. The van der Waals surface area contributed by atoms with Gasteiger partial charge in [0.25, 0.3) is 0 Å². The molecule has 0 aromatic heterocycles. The number of hydrogen-bond donors (Lipinski definition) is 1. The van der Waals surface area contributed by atoms with Gasteiger partial charge in [-0.25, -0.2) is 0 Å². The Hall–Kier alpha value is -3.40. The molecule has 0 amide bonds. The largest absolute Gasteiger partial charge is 0.507 e. The second-order valence-corrected chi connectivity index (χ2v) is 8.66. The molecule has 0 fully saturated rings. The third kappa shape index (κ3) is 3.32. The summed E-state index contributed by atoms with van der Waals surface area (Å²) >= 11 is 0. The van der Waals surface area contributed by atoms with E-state index in [-0.39, 0.29) is 11.2 Å². The minimum atomic E-state index is 0.0728. The maximum absolute atomic E-state index is 10.7. The molecule has 0 radical (unpaired) electrons. The van der Waals surface area contributed by atoms with Crippen molar-refractivity contribution >= 4 is 21.5 Å². The van der Waals surface area contributed by atoms with Gasteiger partial charge in [-0.05, 0) is 40.3 Å². The quantitative estimate of drug-likeness (QED) is 0.377. The van der Waals surface area contributed by atoms with Gasteiger partial charge >= 0.3 is 0 Å². The third-order valence-corrected chi connectivity index (χ3v) is 5.83. The van der Waals surface area contributed by atoms with Gasteiger partial charge in [0.2, 0.25) is 0 Å². The summed E-state index contributed by atoms with van der Waals surface area (Å²) in [5.74, 6) is 2.07. The van der Waals surface area contributed by atoms with Crippen molar-refractivity contribution in [2.24, 2.45) is 0 Å². The molecule has 0 heterocycles. The van der Waals surface area contributed by atoms with Crippen LogP contribution in [0.3, 0.4) is 0 Å². The van der Waals surface area contributed by atoms with E-state index in [4.69, 9.17) is 14.2 Å². The van der Waals surface area contributed by atoms with E-state index in [1.807, 2.05) is 18.2 Å². The average Bonchev–Trinajstić information content (AvgIpc) is 2.76. The summed E-state index contributed by atoms with van der Waals surface area (Å²) in [6, 6.07) is 17.9. The number of aromatic hydroxyl groups is 1. The van der Waals surface area contributed by atoms with Crippen molar-refractivity contribution in [3.63, 3.8) is 0 Å². The van der Waals surface area contributed by atoms with Crippen molar-refractivity contribution in [2.75, 3.05) is 21.3 Å². The molecule has 4 nitrogen and oxygen atoms in total. The van der Waals surface area contributed by atoms with Gasteiger partial charge in [0.05, 0.1) is 32.1 Å². The molecule has 0 spiro atoms. The van der Waals surface area contributed by atoms with Gasteiger partial charge in [-0.1, -0.05) is 57.2 Å². The molecular weight excluding hydrogens is 388 g/mol. The van der Waals surface area contributed by atoms with E-state index in [2.05, 4.69) is 45.0 Å². The minimum Gasteiger partial charge on any atom is -0.507 e. The maximum atomic E-state index is 10.7. The van der Waals surface area contributed by atoms with E-state index >= 15 is 0 Å². The van der Waals surface area contributed by atoms with Crippen LogP contribution < -0.4 is 14.2 Å². The Bertz CT molecular complexity index is 1270. The van der Waals surface area contributed by atoms with Crippen molar-refractivity contribution < 1.29 is 19.3 Å². The molecule has 1 N–H and O–H groups in total. The van der Waals surface area contributed by atoms with Crippen LogP contribution in [0.2, 0.25) is 0 Å². The molecule has 4 rings (SSSR count). The zero-order chi connectivity index (χ0) is 22.3. The van der Waals surface area contributed by atoms with Crippen molar-refractivity contribution in [3.05, 3.63) is 60.2 Å². The third-order valence-electron chi connectivity index (χ3n) is 5.83. The first-order valence-corrected chi connectivity index (χ1v) is 10.3. The number of phenolic OH excluding ortho intramolecular Hbond substituents is 1. The second-order valence-electron chi connectivity index (χ2n) is 8.66. The highest BCUT2D eigenvalue weighted by Crippen LogP contribution is 2.51. The molecule has 0 aliphatic rings. The van der Waals surface area contributed by atoms with Gasteiger partial charge in [0.15, 0.2) is 0 Å². The van der Waals surface area contributed by atoms with Crippen molar-refractivity contribution in [1.82, 2.24) is 0 Å². The zero-order valence-electron chi connectivity index (χ0n) is 18.9. The number of hydrogen-bond acceptors (Lipinski definition) is 4. The van der Waals surface area contributed by atoms with Gasteiger partial charge in [-0.2, -0.15) is 0 Å². The topological polar surface area (TPSA) is 47.9 Å². The summed E-state index contributed by atoms with van der Waals surface area (Å²) in [6.07, 6.45) is 0. The lowest BCUT2D eigenvalue weighted by molar-refractivity contribution is 0.404. The predicted molar refractivity (Wildman–Crippen MR) is 127 cm³/mol. The molecule has 4 aromatic carbocycles. The van der Waals surface area contributed by atoms with Crippen LogP contribution >= 0.6 is 0 Å². The Labute approximate surface area is 183 Å². The van der Waals surface area contributed by atoms with Crippen LogP contribution in [0.25, 0.3) is 32.7 Å². The lowest BCUT2D eigenvalue weighted by Crippen LogP contribution is -2.10. The molecule has 31 heavy (non-hydrogen) atoms. The summed E-state index contributed by atoms with van der Waals surface area (Å²) in [5.41, 5.74) is 3.37. The highest BCUT2D eigenvalue weighted by atomic mass is 16.5. The second kappa shape index (κ2) is 7.69. The van der Waals surface area contributed by atoms with Gasteiger partial charge in [0.1, 0.15) is 23.0 Å². The molecule has 0 bridgehead atoms. The highest BCUT2D eigenvalue weighted by molar-refractivity contribution is 6.19. The highest BCUT2D eigenvalue weighted by Gasteiger charge is 2.24. The first-order chi connectivity index (χ1) is 14.8. The van der Waals surface area contributed by atoms with E-state index in [1.165, 1.54) is 5.56 Å². The Morgan fingerprint density at radius 2 is 1.35 bits per heavy atom. The van der Waals surface area contributed by atoms with Gasteiger partial charge in [0, 0.05) is 10.8 Å².